The van der Waals surface area contributed by atoms with Crippen LogP contribution >= 0.6 is 0 Å². The molecule has 0 spiro atoms. The Balaban J connectivity index is 3.32. The lowest BCUT2D eigenvalue weighted by atomic mass is 10.0. The quantitative estimate of drug-likeness (QED) is 0.767. The van der Waals surface area contributed by atoms with Gasteiger partial charge in [0.25, 0.3) is 0 Å². The van der Waals surface area contributed by atoms with Gasteiger partial charge >= 0.3 is 5.97 Å². The second-order valence-corrected chi connectivity index (χ2v) is 3.45. The highest BCUT2D eigenvalue weighted by Crippen LogP contribution is 2.34. The zero-order valence-electron chi connectivity index (χ0n) is 9.28. The number of hydrogen-bond donors (Lipinski definition) is 2. The van der Waals surface area contributed by atoms with Crippen LogP contribution in [0.15, 0.2) is 18.7 Å². The number of carboxylic acids is 1. The van der Waals surface area contributed by atoms with Gasteiger partial charge in [0.2, 0.25) is 0 Å². The molecule has 0 aliphatic carbocycles. The van der Waals surface area contributed by atoms with E-state index < -0.39 is 5.97 Å². The Morgan fingerprint density at radius 2 is 2.19 bits per heavy atom. The van der Waals surface area contributed by atoms with Crippen molar-refractivity contribution >= 4 is 5.97 Å². The zero-order chi connectivity index (χ0) is 12.3. The summed E-state index contributed by atoms with van der Waals surface area (Å²) in [6.45, 7) is 6.94. The molecule has 1 rings (SSSR count). The van der Waals surface area contributed by atoms with Gasteiger partial charge in [-0.1, -0.05) is 12.7 Å². The minimum absolute atomic E-state index is 0.0538. The Hall–Kier alpha value is -1.97. The van der Waals surface area contributed by atoms with E-state index in [1.165, 1.54) is 12.1 Å². The summed E-state index contributed by atoms with van der Waals surface area (Å²) in [6.07, 6.45) is 1.53. The highest BCUT2D eigenvalue weighted by molar-refractivity contribution is 5.92. The molecule has 0 saturated heterocycles. The summed E-state index contributed by atoms with van der Waals surface area (Å²) in [6, 6.07) is 1.38. The number of carbonyl (C=O) groups is 1. The molecule has 0 atom stereocenters. The summed E-state index contributed by atoms with van der Waals surface area (Å²) in [5.74, 6) is -0.886. The third-order valence-electron chi connectivity index (χ3n) is 2.26. The van der Waals surface area contributed by atoms with Crippen LogP contribution in [0.4, 0.5) is 0 Å². The molecule has 0 amide bonds. The number of rotatable bonds is 4. The maximum Gasteiger partial charge on any atom is 0.336 e. The Labute approximate surface area is 93.8 Å². The first-order chi connectivity index (χ1) is 7.49. The highest BCUT2D eigenvalue weighted by atomic mass is 16.5. The summed E-state index contributed by atoms with van der Waals surface area (Å²) in [5.41, 5.74) is 1.09. The van der Waals surface area contributed by atoms with Crippen molar-refractivity contribution in [2.24, 2.45) is 0 Å². The van der Waals surface area contributed by atoms with Gasteiger partial charge in [-0.3, -0.25) is 0 Å². The molecule has 16 heavy (non-hydrogen) atoms. The fourth-order valence-corrected chi connectivity index (χ4v) is 1.60. The fraction of sp³-hybridized carbons (Fsp3) is 0.250. The van der Waals surface area contributed by atoms with E-state index in [1.54, 1.807) is 13.8 Å². The predicted molar refractivity (Wildman–Crippen MR) is 60.2 cm³/mol. The normalized spacial score (nSPS) is 9.88. The number of aromatic carboxylic acids is 1. The molecule has 4 heteroatoms. The number of benzene rings is 1. The van der Waals surface area contributed by atoms with E-state index in [9.17, 15) is 9.90 Å². The summed E-state index contributed by atoms with van der Waals surface area (Å²) in [4.78, 5) is 11.0. The summed E-state index contributed by atoms with van der Waals surface area (Å²) in [5, 5.41) is 18.7. The predicted octanol–water partition coefficient (Wildman–Crippen LogP) is 2.27. The molecule has 86 valence electrons. The SMILES string of the molecule is C=CCOc1c(O)cc(C)c(C(=O)O)c1C. The fourth-order valence-electron chi connectivity index (χ4n) is 1.60. The maximum atomic E-state index is 11.0. The van der Waals surface area contributed by atoms with Crippen molar-refractivity contribution < 1.29 is 19.7 Å². The Kier molecular flexibility index (Phi) is 3.55. The van der Waals surface area contributed by atoms with Gasteiger partial charge in [0.05, 0.1) is 5.56 Å². The molecule has 0 aliphatic rings. The van der Waals surface area contributed by atoms with E-state index in [0.717, 1.165) is 0 Å². The van der Waals surface area contributed by atoms with Gasteiger partial charge in [-0.2, -0.15) is 0 Å². The molecule has 1 aromatic rings. The van der Waals surface area contributed by atoms with E-state index >= 15 is 0 Å². The van der Waals surface area contributed by atoms with Crippen molar-refractivity contribution in [3.8, 4) is 11.5 Å². The number of carboxylic acid groups (broad SMARTS) is 1. The molecule has 1 aromatic carbocycles. The number of hydrogen-bond acceptors (Lipinski definition) is 3. The van der Waals surface area contributed by atoms with E-state index in [4.69, 9.17) is 9.84 Å². The molecule has 2 N–H and O–H groups in total. The monoisotopic (exact) mass is 222 g/mol. The van der Waals surface area contributed by atoms with Crippen LogP contribution in [-0.4, -0.2) is 22.8 Å². The first kappa shape index (κ1) is 12.1. The molecular formula is C12H14O4. The maximum absolute atomic E-state index is 11.0. The largest absolute Gasteiger partial charge is 0.504 e. The highest BCUT2D eigenvalue weighted by Gasteiger charge is 2.18. The smallest absolute Gasteiger partial charge is 0.336 e. The molecule has 4 nitrogen and oxygen atoms in total. The summed E-state index contributed by atoms with van der Waals surface area (Å²) < 4.78 is 5.23. The van der Waals surface area contributed by atoms with Crippen LogP contribution in [0.5, 0.6) is 11.5 Å². The minimum Gasteiger partial charge on any atom is -0.504 e. The van der Waals surface area contributed by atoms with E-state index in [2.05, 4.69) is 6.58 Å². The minimum atomic E-state index is -1.03. The Morgan fingerprint density at radius 3 is 2.69 bits per heavy atom. The molecule has 0 fully saturated rings. The molecule has 0 heterocycles. The molecule has 0 bridgehead atoms. The van der Waals surface area contributed by atoms with Gasteiger partial charge < -0.3 is 14.9 Å². The lowest BCUT2D eigenvalue weighted by Gasteiger charge is -2.13. The number of aromatic hydroxyl groups is 1. The summed E-state index contributed by atoms with van der Waals surface area (Å²) in [7, 11) is 0. The van der Waals surface area contributed by atoms with Crippen LogP contribution < -0.4 is 4.74 Å². The Morgan fingerprint density at radius 1 is 1.56 bits per heavy atom. The topological polar surface area (TPSA) is 66.8 Å². The van der Waals surface area contributed by atoms with Gasteiger partial charge in [0.1, 0.15) is 6.61 Å². The lowest BCUT2D eigenvalue weighted by Crippen LogP contribution is -2.06. The first-order valence-electron chi connectivity index (χ1n) is 4.79. The number of phenolic OH excluding ortho intramolecular Hbond substituents is 1. The lowest BCUT2D eigenvalue weighted by molar-refractivity contribution is 0.0694. The molecule has 0 aromatic heterocycles. The van der Waals surface area contributed by atoms with Crippen LogP contribution in [0.2, 0.25) is 0 Å². The van der Waals surface area contributed by atoms with Gasteiger partial charge in [-0.15, -0.1) is 0 Å². The average Bonchev–Trinajstić information content (AvgIpc) is 2.16. The van der Waals surface area contributed by atoms with Gasteiger partial charge in [0.15, 0.2) is 11.5 Å². The third kappa shape index (κ3) is 2.16. The van der Waals surface area contributed by atoms with Crippen molar-refractivity contribution in [2.45, 2.75) is 13.8 Å². The second kappa shape index (κ2) is 4.70. The zero-order valence-corrected chi connectivity index (χ0v) is 9.28. The van der Waals surface area contributed by atoms with Crippen LogP contribution in [-0.2, 0) is 0 Å². The van der Waals surface area contributed by atoms with Gasteiger partial charge in [0, 0.05) is 5.56 Å². The Bertz CT molecular complexity index is 435. The van der Waals surface area contributed by atoms with Crippen LogP contribution in [0.3, 0.4) is 0 Å². The molecular weight excluding hydrogens is 208 g/mol. The van der Waals surface area contributed by atoms with Gasteiger partial charge in [-0.05, 0) is 25.5 Å². The number of ether oxygens (including phenoxy) is 1. The molecule has 0 saturated carbocycles. The van der Waals surface area contributed by atoms with E-state index in [1.807, 2.05) is 0 Å². The van der Waals surface area contributed by atoms with Crippen molar-refractivity contribution in [2.75, 3.05) is 6.61 Å². The van der Waals surface area contributed by atoms with E-state index in [-0.39, 0.29) is 23.7 Å². The third-order valence-corrected chi connectivity index (χ3v) is 2.26. The molecule has 0 radical (unpaired) electrons. The van der Waals surface area contributed by atoms with Crippen molar-refractivity contribution in [1.82, 2.24) is 0 Å². The standard InChI is InChI=1S/C12H14O4/c1-4-5-16-11-8(3)10(12(14)15)7(2)6-9(11)13/h4,6,13H,1,5H2,2-3H3,(H,14,15). The summed E-state index contributed by atoms with van der Waals surface area (Å²) >= 11 is 0. The van der Waals surface area contributed by atoms with Crippen LogP contribution in [0, 0.1) is 13.8 Å². The molecule has 0 aliphatic heterocycles. The van der Waals surface area contributed by atoms with Gasteiger partial charge in [-0.25, -0.2) is 4.79 Å². The average molecular weight is 222 g/mol. The first-order valence-corrected chi connectivity index (χ1v) is 4.79. The van der Waals surface area contributed by atoms with E-state index in [0.29, 0.717) is 11.1 Å². The second-order valence-electron chi connectivity index (χ2n) is 3.45. The van der Waals surface area contributed by atoms with Crippen LogP contribution in [0.25, 0.3) is 0 Å². The van der Waals surface area contributed by atoms with Crippen LogP contribution in [0.1, 0.15) is 21.5 Å². The van der Waals surface area contributed by atoms with Crippen molar-refractivity contribution in [3.63, 3.8) is 0 Å². The van der Waals surface area contributed by atoms with Crippen molar-refractivity contribution in [1.29, 1.82) is 0 Å². The molecule has 0 unspecified atom stereocenters. The van der Waals surface area contributed by atoms with Crippen molar-refractivity contribution in [3.05, 3.63) is 35.4 Å². The number of phenols is 1. The number of aryl methyl sites for hydroxylation is 1.